The van der Waals surface area contributed by atoms with Gasteiger partial charge in [0.1, 0.15) is 0 Å². The highest BCUT2D eigenvalue weighted by molar-refractivity contribution is 7.41. The maximum Gasteiger partial charge on any atom is 0.254 e. The molecule has 0 saturated carbocycles. The third-order valence-electron chi connectivity index (χ3n) is 9.74. The molecule has 278 valence electrons. The molecule has 3 aromatic rings. The maximum absolute atomic E-state index is 9.03. The fourth-order valence-corrected chi connectivity index (χ4v) is 13.0. The molecule has 9 nitrogen and oxygen atoms in total. The monoisotopic (exact) mass is 723 g/mol. The Balaban J connectivity index is 3.03. The van der Waals surface area contributed by atoms with Gasteiger partial charge in [0.15, 0.2) is 0 Å². The molecule has 0 unspecified atom stereocenters. The van der Waals surface area contributed by atoms with Crippen molar-refractivity contribution in [3.8, 4) is 0 Å². The molecule has 0 aromatic heterocycles. The van der Waals surface area contributed by atoms with E-state index in [9.17, 15) is 0 Å². The first-order valence-corrected chi connectivity index (χ1v) is 20.2. The molecule has 11 heteroatoms. The largest absolute Gasteiger partial charge is 0.377 e. The lowest BCUT2D eigenvalue weighted by Gasteiger charge is -2.41. The first-order chi connectivity index (χ1) is 22.9. The van der Waals surface area contributed by atoms with Crippen LogP contribution in [0.5, 0.6) is 0 Å². The average Bonchev–Trinajstić information content (AvgIpc) is 2.98. The van der Waals surface area contributed by atoms with Crippen molar-refractivity contribution >= 4 is 85.2 Å². The summed E-state index contributed by atoms with van der Waals surface area (Å²) in [6.07, 6.45) is 0. The number of nitrogens with zero attached hydrogens (tertiary/aromatic N) is 9. The Morgan fingerprint density at radius 1 is 0.320 bits per heavy atom. The zero-order valence-electron chi connectivity index (χ0n) is 35.1. The van der Waals surface area contributed by atoms with Crippen LogP contribution in [-0.2, 0) is 0 Å². The second kappa shape index (κ2) is 14.9. The second-order valence-corrected chi connectivity index (χ2v) is 20.1. The maximum atomic E-state index is 9.03. The van der Waals surface area contributed by atoms with Gasteiger partial charge in [-0.15, -0.1) is 11.1 Å². The molecule has 0 aliphatic carbocycles. The fraction of sp³-hybridized carbons (Fsp3) is 0.538. The predicted octanol–water partition coefficient (Wildman–Crippen LogP) is 4.41. The summed E-state index contributed by atoms with van der Waals surface area (Å²) in [5.74, 6) is 0. The molecule has 0 bridgehead atoms. The standard InChI is InChI=1S/C39H66ClN9Si/c1-25-28(41(4)5)22-31(37(47(16)17)34(25)44(10)11)50(40,32-23-29(42(6)7)26(2)35(45(12)13)38(32)48(18)19)33-24-30(43(8)9)27(3)36(46(14)15)39(33)49(20)21/h22-24H,1-21H3. The van der Waals surface area contributed by atoms with Gasteiger partial charge in [0, 0.05) is 144 Å². The van der Waals surface area contributed by atoms with E-state index >= 15 is 0 Å². The first-order valence-electron chi connectivity index (χ1n) is 17.2. The molecule has 0 radical (unpaired) electrons. The number of hydrogen-bond donors (Lipinski definition) is 0. The van der Waals surface area contributed by atoms with E-state index in [0.29, 0.717) is 0 Å². The molecule has 0 aliphatic heterocycles. The molecule has 0 heterocycles. The Kier molecular flexibility index (Phi) is 12.2. The summed E-state index contributed by atoms with van der Waals surface area (Å²) in [5, 5.41) is 3.47. The average molecular weight is 725 g/mol. The van der Waals surface area contributed by atoms with Gasteiger partial charge < -0.3 is 44.1 Å². The zero-order valence-corrected chi connectivity index (χ0v) is 36.9. The molecule has 0 atom stereocenters. The highest BCUT2D eigenvalue weighted by atomic mass is 35.6. The summed E-state index contributed by atoms with van der Waals surface area (Å²) < 4.78 is 0. The van der Waals surface area contributed by atoms with Crippen molar-refractivity contribution in [2.45, 2.75) is 20.8 Å². The van der Waals surface area contributed by atoms with Gasteiger partial charge in [-0.1, -0.05) is 0 Å². The number of rotatable bonds is 12. The van der Waals surface area contributed by atoms with Crippen molar-refractivity contribution in [1.29, 1.82) is 0 Å². The molecule has 3 aromatic carbocycles. The number of hydrogen-bond acceptors (Lipinski definition) is 9. The van der Waals surface area contributed by atoms with Crippen LogP contribution in [-0.4, -0.2) is 134 Å². The van der Waals surface area contributed by atoms with Crippen LogP contribution in [0.25, 0.3) is 0 Å². The summed E-state index contributed by atoms with van der Waals surface area (Å²) >= 11 is 9.03. The topological polar surface area (TPSA) is 29.2 Å². The van der Waals surface area contributed by atoms with Gasteiger partial charge in [-0.2, -0.15) is 0 Å². The van der Waals surface area contributed by atoms with E-state index in [1.807, 2.05) is 0 Å². The Morgan fingerprint density at radius 3 is 0.640 bits per heavy atom. The van der Waals surface area contributed by atoms with Crippen LogP contribution in [0.2, 0.25) is 0 Å². The number of halogens is 1. The summed E-state index contributed by atoms with van der Waals surface area (Å²) in [4.78, 5) is 20.3. The number of anilines is 9. The van der Waals surface area contributed by atoms with E-state index < -0.39 is 7.38 Å². The van der Waals surface area contributed by atoms with E-state index in [1.54, 1.807) is 0 Å². The highest BCUT2D eigenvalue weighted by Gasteiger charge is 2.48. The second-order valence-electron chi connectivity index (χ2n) is 15.5. The fourth-order valence-electron chi connectivity index (χ4n) is 7.84. The minimum absolute atomic E-state index is 1.14. The Hall–Kier alpha value is -3.63. The minimum Gasteiger partial charge on any atom is -0.377 e. The Morgan fingerprint density at radius 2 is 0.500 bits per heavy atom. The molecular weight excluding hydrogens is 658 g/mol. The van der Waals surface area contributed by atoms with E-state index in [1.165, 1.54) is 33.8 Å². The Bertz CT molecular complexity index is 1510. The summed E-state index contributed by atoms with van der Waals surface area (Å²) in [6, 6.07) is 7.18. The summed E-state index contributed by atoms with van der Waals surface area (Å²) in [5.41, 5.74) is 14.1. The smallest absolute Gasteiger partial charge is 0.254 e. The van der Waals surface area contributed by atoms with Crippen LogP contribution < -0.4 is 59.7 Å². The zero-order chi connectivity index (χ0) is 38.5. The molecular formula is C39H66ClN9Si. The normalized spacial score (nSPS) is 11.4. The quantitative estimate of drug-likeness (QED) is 0.153. The lowest BCUT2D eigenvalue weighted by Crippen LogP contribution is -2.66. The van der Waals surface area contributed by atoms with Gasteiger partial charge in [-0.25, -0.2) is 0 Å². The van der Waals surface area contributed by atoms with Crippen LogP contribution in [0, 0.1) is 20.8 Å². The molecule has 0 amide bonds. The molecule has 0 N–H and O–H groups in total. The van der Waals surface area contributed by atoms with Gasteiger partial charge in [0.05, 0.1) is 34.1 Å². The first kappa shape index (κ1) is 40.8. The van der Waals surface area contributed by atoms with Gasteiger partial charge in [0.2, 0.25) is 0 Å². The van der Waals surface area contributed by atoms with Crippen LogP contribution in [0.1, 0.15) is 16.7 Å². The molecule has 0 spiro atoms. The van der Waals surface area contributed by atoms with Crippen LogP contribution in [0.3, 0.4) is 0 Å². The minimum atomic E-state index is -3.54. The van der Waals surface area contributed by atoms with E-state index in [2.05, 4.69) is 210 Å². The van der Waals surface area contributed by atoms with Gasteiger partial charge in [0.25, 0.3) is 7.38 Å². The van der Waals surface area contributed by atoms with Crippen LogP contribution in [0.15, 0.2) is 18.2 Å². The third kappa shape index (κ3) is 6.85. The summed E-state index contributed by atoms with van der Waals surface area (Å²) in [7, 11) is 35.1. The molecule has 0 saturated heterocycles. The molecule has 3 rings (SSSR count). The van der Waals surface area contributed by atoms with Crippen molar-refractivity contribution in [1.82, 2.24) is 0 Å². The SMILES string of the molecule is Cc1c(N(C)C)cc([Si](Cl)(c2cc(N(C)C)c(C)c(N(C)C)c2N(C)C)c2cc(N(C)C)c(C)c(N(C)C)c2N(C)C)c(N(C)C)c1N(C)C. The molecule has 0 aliphatic rings. The van der Waals surface area contributed by atoms with Gasteiger partial charge in [-0.05, 0) is 71.2 Å². The predicted molar refractivity (Wildman–Crippen MR) is 233 cm³/mol. The lowest BCUT2D eigenvalue weighted by molar-refractivity contribution is 1.05. The molecule has 0 fully saturated rings. The number of benzene rings is 3. The van der Waals surface area contributed by atoms with Gasteiger partial charge in [-0.3, -0.25) is 0 Å². The molecule has 50 heavy (non-hydrogen) atoms. The van der Waals surface area contributed by atoms with E-state index in [0.717, 1.165) is 49.7 Å². The van der Waals surface area contributed by atoms with Crippen LogP contribution >= 0.6 is 11.1 Å². The van der Waals surface area contributed by atoms with E-state index in [4.69, 9.17) is 11.1 Å². The van der Waals surface area contributed by atoms with Gasteiger partial charge >= 0.3 is 0 Å². The Labute approximate surface area is 310 Å². The van der Waals surface area contributed by atoms with E-state index in [-0.39, 0.29) is 0 Å². The third-order valence-corrected chi connectivity index (χ3v) is 14.9. The lowest BCUT2D eigenvalue weighted by atomic mass is 10.1. The van der Waals surface area contributed by atoms with Crippen molar-refractivity contribution in [3.05, 3.63) is 34.9 Å². The van der Waals surface area contributed by atoms with Crippen LogP contribution in [0.4, 0.5) is 51.2 Å². The van der Waals surface area contributed by atoms with Crippen molar-refractivity contribution in [3.63, 3.8) is 0 Å². The van der Waals surface area contributed by atoms with Crippen molar-refractivity contribution < 1.29 is 0 Å². The summed E-state index contributed by atoms with van der Waals surface area (Å²) in [6.45, 7) is 6.70. The highest BCUT2D eigenvalue weighted by Crippen LogP contribution is 2.44. The van der Waals surface area contributed by atoms with Crippen molar-refractivity contribution in [2.24, 2.45) is 0 Å². The van der Waals surface area contributed by atoms with Crippen molar-refractivity contribution in [2.75, 3.05) is 171 Å².